The van der Waals surface area contributed by atoms with Gasteiger partial charge in [-0.2, -0.15) is 5.26 Å². The third kappa shape index (κ3) is 6.65. The maximum atomic E-state index is 12.6. The highest BCUT2D eigenvalue weighted by molar-refractivity contribution is 6.03. The van der Waals surface area contributed by atoms with Crippen LogP contribution in [0.5, 0.6) is 5.75 Å². The zero-order chi connectivity index (χ0) is 19.5. The number of phenols is 1. The molecule has 0 radical (unpaired) electrons. The number of benzene rings is 1. The van der Waals surface area contributed by atoms with Gasteiger partial charge >= 0.3 is 11.9 Å². The molecule has 1 rings (SSSR count). The molecule has 26 heavy (non-hydrogen) atoms. The Morgan fingerprint density at radius 2 is 1.58 bits per heavy atom. The van der Waals surface area contributed by atoms with Crippen molar-refractivity contribution in [3.8, 4) is 11.8 Å². The number of carbonyl (C=O) groups excluding carboxylic acids is 3. The molecular weight excluding hydrogens is 340 g/mol. The number of nitrogens with zero attached hydrogens (tertiary/aromatic N) is 2. The summed E-state index contributed by atoms with van der Waals surface area (Å²) in [5.41, 5.74) is 0.226. The maximum absolute atomic E-state index is 12.6. The van der Waals surface area contributed by atoms with Gasteiger partial charge in [0.2, 0.25) is 0 Å². The van der Waals surface area contributed by atoms with Crippen LogP contribution < -0.4 is 0 Å². The van der Waals surface area contributed by atoms with Crippen molar-refractivity contribution in [3.63, 3.8) is 0 Å². The van der Waals surface area contributed by atoms with Gasteiger partial charge in [0.1, 0.15) is 30.5 Å². The first-order valence-electron chi connectivity index (χ1n) is 7.92. The minimum Gasteiger partial charge on any atom is -0.508 e. The van der Waals surface area contributed by atoms with Gasteiger partial charge in [0.25, 0.3) is 5.91 Å². The van der Waals surface area contributed by atoms with Crippen LogP contribution >= 0.6 is 0 Å². The molecule has 0 spiro atoms. The molecule has 0 unspecified atom stereocenters. The Hall–Kier alpha value is -3.34. The van der Waals surface area contributed by atoms with Crippen LogP contribution in [0.4, 0.5) is 0 Å². The molecule has 0 bridgehead atoms. The highest BCUT2D eigenvalue weighted by Gasteiger charge is 2.24. The molecule has 1 aromatic rings. The minimum atomic E-state index is -0.804. The van der Waals surface area contributed by atoms with E-state index >= 15 is 0 Å². The van der Waals surface area contributed by atoms with E-state index in [1.807, 2.05) is 0 Å². The highest BCUT2D eigenvalue weighted by Crippen LogP contribution is 2.14. The first-order chi connectivity index (χ1) is 12.4. The summed E-state index contributed by atoms with van der Waals surface area (Å²) < 4.78 is 9.59. The molecule has 0 atom stereocenters. The van der Waals surface area contributed by atoms with Gasteiger partial charge in [-0.1, -0.05) is 12.1 Å². The van der Waals surface area contributed by atoms with E-state index in [4.69, 9.17) is 9.47 Å². The zero-order valence-electron chi connectivity index (χ0n) is 14.6. The molecule has 8 heteroatoms. The molecule has 0 aromatic heterocycles. The summed E-state index contributed by atoms with van der Waals surface area (Å²) in [5, 5.41) is 18.6. The Morgan fingerprint density at radius 3 is 2.00 bits per heavy atom. The van der Waals surface area contributed by atoms with Gasteiger partial charge in [-0.05, 0) is 37.6 Å². The first kappa shape index (κ1) is 20.7. The van der Waals surface area contributed by atoms with Crippen molar-refractivity contribution in [2.45, 2.75) is 13.8 Å². The smallest absolute Gasteiger partial charge is 0.325 e. The Morgan fingerprint density at radius 1 is 1.08 bits per heavy atom. The van der Waals surface area contributed by atoms with Gasteiger partial charge in [0.05, 0.1) is 13.2 Å². The topological polar surface area (TPSA) is 117 Å². The third-order valence-corrected chi connectivity index (χ3v) is 3.09. The lowest BCUT2D eigenvalue weighted by molar-refractivity contribution is -0.152. The van der Waals surface area contributed by atoms with Crippen molar-refractivity contribution in [3.05, 3.63) is 35.4 Å². The Kier molecular flexibility index (Phi) is 8.37. The normalized spacial score (nSPS) is 10.6. The van der Waals surface area contributed by atoms with Crippen LogP contribution in [0.15, 0.2) is 29.8 Å². The lowest BCUT2D eigenvalue weighted by atomic mass is 10.1. The molecule has 0 heterocycles. The van der Waals surface area contributed by atoms with Crippen molar-refractivity contribution in [1.29, 1.82) is 5.26 Å². The van der Waals surface area contributed by atoms with E-state index in [-0.39, 0.29) is 24.5 Å². The van der Waals surface area contributed by atoms with Crippen LogP contribution in [0, 0.1) is 11.3 Å². The van der Waals surface area contributed by atoms with Crippen molar-refractivity contribution in [2.24, 2.45) is 0 Å². The van der Waals surface area contributed by atoms with Gasteiger partial charge in [0, 0.05) is 0 Å². The summed E-state index contributed by atoms with van der Waals surface area (Å²) in [7, 11) is 0. The van der Waals surface area contributed by atoms with Gasteiger partial charge in [-0.15, -0.1) is 0 Å². The summed E-state index contributed by atoms with van der Waals surface area (Å²) in [6.45, 7) is 2.49. The number of ether oxygens (including phenoxy) is 2. The number of nitriles is 1. The van der Waals surface area contributed by atoms with Crippen molar-refractivity contribution >= 4 is 23.9 Å². The van der Waals surface area contributed by atoms with Gasteiger partial charge in [-0.3, -0.25) is 14.4 Å². The zero-order valence-corrected chi connectivity index (χ0v) is 14.6. The molecule has 0 aliphatic carbocycles. The molecule has 0 saturated carbocycles. The van der Waals surface area contributed by atoms with E-state index in [2.05, 4.69) is 0 Å². The molecule has 138 valence electrons. The summed E-state index contributed by atoms with van der Waals surface area (Å²) >= 11 is 0. The lowest BCUT2D eigenvalue weighted by Gasteiger charge is -2.20. The second kappa shape index (κ2) is 10.5. The van der Waals surface area contributed by atoms with E-state index < -0.39 is 30.9 Å². The van der Waals surface area contributed by atoms with Crippen molar-refractivity contribution < 1.29 is 29.0 Å². The SMILES string of the molecule is CCOC(=O)CN(CC(=O)OCC)C(=O)/C(C#N)=C/c1ccc(O)cc1. The van der Waals surface area contributed by atoms with Crippen LogP contribution in [0.3, 0.4) is 0 Å². The van der Waals surface area contributed by atoms with E-state index in [1.54, 1.807) is 19.9 Å². The number of esters is 2. The fourth-order valence-electron chi connectivity index (χ4n) is 1.97. The molecule has 1 N–H and O–H groups in total. The van der Waals surface area contributed by atoms with Gasteiger partial charge in [0.15, 0.2) is 0 Å². The fourth-order valence-corrected chi connectivity index (χ4v) is 1.97. The largest absolute Gasteiger partial charge is 0.508 e. The quantitative estimate of drug-likeness (QED) is 0.421. The van der Waals surface area contributed by atoms with E-state index in [9.17, 15) is 24.8 Å². The van der Waals surface area contributed by atoms with Crippen molar-refractivity contribution in [2.75, 3.05) is 26.3 Å². The molecular formula is C18H20N2O6. The predicted molar refractivity (Wildman–Crippen MR) is 91.5 cm³/mol. The number of rotatable bonds is 8. The Labute approximate surface area is 151 Å². The average Bonchev–Trinajstić information content (AvgIpc) is 2.60. The predicted octanol–water partition coefficient (Wildman–Crippen LogP) is 1.25. The number of amides is 1. The number of hydrogen-bond acceptors (Lipinski definition) is 7. The highest BCUT2D eigenvalue weighted by atomic mass is 16.5. The molecule has 0 saturated heterocycles. The molecule has 0 aliphatic heterocycles. The molecule has 8 nitrogen and oxygen atoms in total. The molecule has 1 amide bonds. The fraction of sp³-hybridized carbons (Fsp3) is 0.333. The van der Waals surface area contributed by atoms with Crippen molar-refractivity contribution in [1.82, 2.24) is 4.90 Å². The maximum Gasteiger partial charge on any atom is 0.325 e. The number of aromatic hydroxyl groups is 1. The van der Waals surface area contributed by atoms with E-state index in [1.165, 1.54) is 30.3 Å². The summed E-state index contributed by atoms with van der Waals surface area (Å²) in [5.74, 6) is -2.17. The summed E-state index contributed by atoms with van der Waals surface area (Å²) in [6.07, 6.45) is 1.30. The Balaban J connectivity index is 3.05. The summed E-state index contributed by atoms with van der Waals surface area (Å²) in [4.78, 5) is 36.9. The van der Waals surface area contributed by atoms with Crippen LogP contribution in [-0.4, -0.2) is 54.2 Å². The summed E-state index contributed by atoms with van der Waals surface area (Å²) in [6, 6.07) is 7.59. The number of hydrogen-bond donors (Lipinski definition) is 1. The number of phenolic OH excluding ortho intramolecular Hbond substituents is 1. The van der Waals surface area contributed by atoms with Crippen LogP contribution in [0.2, 0.25) is 0 Å². The van der Waals surface area contributed by atoms with Gasteiger partial charge < -0.3 is 19.5 Å². The molecule has 1 aromatic carbocycles. The first-order valence-corrected chi connectivity index (χ1v) is 7.92. The monoisotopic (exact) mass is 360 g/mol. The third-order valence-electron chi connectivity index (χ3n) is 3.09. The van der Waals surface area contributed by atoms with E-state index in [0.717, 1.165) is 4.90 Å². The van der Waals surface area contributed by atoms with Crippen LogP contribution in [0.25, 0.3) is 6.08 Å². The average molecular weight is 360 g/mol. The van der Waals surface area contributed by atoms with Crippen LogP contribution in [-0.2, 0) is 23.9 Å². The molecule has 0 aliphatic rings. The second-order valence-electron chi connectivity index (χ2n) is 5.03. The lowest BCUT2D eigenvalue weighted by Crippen LogP contribution is -2.41. The van der Waals surface area contributed by atoms with E-state index in [0.29, 0.717) is 5.56 Å². The second-order valence-corrected chi connectivity index (χ2v) is 5.03. The molecule has 0 fully saturated rings. The van der Waals surface area contributed by atoms with Gasteiger partial charge in [-0.25, -0.2) is 0 Å². The standard InChI is InChI=1S/C18H20N2O6/c1-3-25-16(22)11-20(12-17(23)26-4-2)18(24)14(10-19)9-13-5-7-15(21)8-6-13/h5-9,21H,3-4,11-12H2,1-2H3/b14-9+. The van der Waals surface area contributed by atoms with Crippen LogP contribution in [0.1, 0.15) is 19.4 Å². The minimum absolute atomic E-state index is 0.0400. The Bertz CT molecular complexity index is 698. The number of carbonyl (C=O) groups is 3.